The van der Waals surface area contributed by atoms with Gasteiger partial charge in [0.1, 0.15) is 8.07 Å². The monoisotopic (exact) mass is 366 g/mol. The fourth-order valence-corrected chi connectivity index (χ4v) is 7.69. The minimum Gasteiger partial charge on any atom is -0.0821 e. The van der Waals surface area contributed by atoms with Gasteiger partial charge >= 0.3 is 0 Å². The van der Waals surface area contributed by atoms with Crippen LogP contribution in [0.1, 0.15) is 13.8 Å². The predicted octanol–water partition coefficient (Wildman–Crippen LogP) is 3.63. The summed E-state index contributed by atoms with van der Waals surface area (Å²) in [5.74, 6) is 0. The normalized spacial score (nSPS) is 12.4. The molecule has 0 saturated carbocycles. The first-order chi connectivity index (χ1) is 8.46. The van der Waals surface area contributed by atoms with Crippen molar-refractivity contribution in [3.05, 3.63) is 60.7 Å². The van der Waals surface area contributed by atoms with E-state index in [0.717, 1.165) is 0 Å². The number of rotatable bonds is 3. The maximum absolute atomic E-state index is 2.62. The van der Waals surface area contributed by atoms with Crippen molar-refractivity contribution >= 4 is 41.0 Å². The highest BCUT2D eigenvalue weighted by molar-refractivity contribution is 14.1. The van der Waals surface area contributed by atoms with Crippen LogP contribution in [0.3, 0.4) is 0 Å². The van der Waals surface area contributed by atoms with Crippen molar-refractivity contribution in [2.75, 3.05) is 0 Å². The molecule has 0 saturated heterocycles. The van der Waals surface area contributed by atoms with E-state index in [4.69, 9.17) is 0 Å². The molecule has 0 amide bonds. The van der Waals surface area contributed by atoms with Gasteiger partial charge in [0.25, 0.3) is 0 Å². The van der Waals surface area contributed by atoms with Gasteiger partial charge in [0.15, 0.2) is 0 Å². The lowest BCUT2D eigenvalue weighted by molar-refractivity contribution is 1.01. The molecule has 0 fully saturated rings. The standard InChI is InChI=1S/C16H19ISi/c1-16(2,17)18(3,14-10-6-4-7-11-14)15-12-8-5-9-13-15/h4-13H,1-3H3. The van der Waals surface area contributed by atoms with Gasteiger partial charge in [-0.15, -0.1) is 0 Å². The Morgan fingerprint density at radius 1 is 0.778 bits per heavy atom. The molecule has 0 aliphatic heterocycles. The first-order valence-corrected chi connectivity index (χ1v) is 9.84. The Labute approximate surface area is 125 Å². The summed E-state index contributed by atoms with van der Waals surface area (Å²) >= 11 is 2.62. The lowest BCUT2D eigenvalue weighted by atomic mass is 10.4. The van der Waals surface area contributed by atoms with Crippen molar-refractivity contribution in [1.82, 2.24) is 0 Å². The molecule has 0 nitrogen and oxygen atoms in total. The summed E-state index contributed by atoms with van der Waals surface area (Å²) in [6.45, 7) is 7.20. The molecule has 0 N–H and O–H groups in total. The molecular formula is C16H19ISi. The molecule has 2 aromatic rings. The average molecular weight is 366 g/mol. The maximum Gasteiger partial charge on any atom is 0.130 e. The number of halogens is 1. The van der Waals surface area contributed by atoms with Gasteiger partial charge in [-0.1, -0.05) is 114 Å². The molecule has 18 heavy (non-hydrogen) atoms. The lowest BCUT2D eigenvalue weighted by Gasteiger charge is -2.39. The Balaban J connectivity index is 2.63. The van der Waals surface area contributed by atoms with Crippen LogP contribution in [0.2, 0.25) is 6.55 Å². The summed E-state index contributed by atoms with van der Waals surface area (Å²) in [7, 11) is -1.72. The largest absolute Gasteiger partial charge is 0.130 e. The van der Waals surface area contributed by atoms with E-state index in [1.807, 2.05) is 0 Å². The molecule has 0 heterocycles. The summed E-state index contributed by atoms with van der Waals surface area (Å²) in [4.78, 5) is 0. The van der Waals surface area contributed by atoms with Crippen LogP contribution in [-0.2, 0) is 0 Å². The molecule has 0 spiro atoms. The highest BCUT2D eigenvalue weighted by Gasteiger charge is 2.44. The van der Waals surface area contributed by atoms with Crippen molar-refractivity contribution in [2.24, 2.45) is 0 Å². The lowest BCUT2D eigenvalue weighted by Crippen LogP contribution is -2.66. The zero-order chi connectivity index (χ0) is 13.2. The Hall–Kier alpha value is -0.613. The number of alkyl halides is 1. The molecule has 94 valence electrons. The summed E-state index contributed by atoms with van der Waals surface area (Å²) in [5.41, 5.74) is 0. The van der Waals surface area contributed by atoms with E-state index < -0.39 is 8.07 Å². The summed E-state index contributed by atoms with van der Waals surface area (Å²) in [6.07, 6.45) is 0. The van der Waals surface area contributed by atoms with Crippen molar-refractivity contribution in [3.63, 3.8) is 0 Å². The smallest absolute Gasteiger partial charge is 0.0821 e. The van der Waals surface area contributed by atoms with E-state index in [0.29, 0.717) is 0 Å². The third kappa shape index (κ3) is 2.41. The number of hydrogen-bond donors (Lipinski definition) is 0. The average Bonchev–Trinajstić information content (AvgIpc) is 2.38. The summed E-state index contributed by atoms with van der Waals surface area (Å²) in [5, 5.41) is 3.02. The third-order valence-corrected chi connectivity index (χ3v) is 12.5. The van der Waals surface area contributed by atoms with Gasteiger partial charge in [0.2, 0.25) is 0 Å². The quantitative estimate of drug-likeness (QED) is 0.442. The first-order valence-electron chi connectivity index (χ1n) is 6.26. The molecule has 2 heteroatoms. The van der Waals surface area contributed by atoms with Crippen LogP contribution >= 0.6 is 22.6 Å². The van der Waals surface area contributed by atoms with Crippen LogP contribution in [0, 0.1) is 0 Å². The van der Waals surface area contributed by atoms with Crippen LogP contribution in [0.25, 0.3) is 0 Å². The van der Waals surface area contributed by atoms with Gasteiger partial charge in [0.05, 0.1) is 0 Å². The van der Waals surface area contributed by atoms with Gasteiger partial charge in [-0.3, -0.25) is 0 Å². The van der Waals surface area contributed by atoms with Gasteiger partial charge in [-0.05, 0) is 0 Å². The molecule has 2 aromatic carbocycles. The molecular weight excluding hydrogens is 347 g/mol. The summed E-state index contributed by atoms with van der Waals surface area (Å²) < 4.78 is 0.271. The molecule has 0 atom stereocenters. The van der Waals surface area contributed by atoms with E-state index in [1.165, 1.54) is 10.4 Å². The van der Waals surface area contributed by atoms with Gasteiger partial charge in [0, 0.05) is 3.04 Å². The van der Waals surface area contributed by atoms with E-state index in [-0.39, 0.29) is 3.04 Å². The second-order valence-electron chi connectivity index (χ2n) is 5.33. The molecule has 0 aliphatic rings. The Bertz CT molecular complexity index is 460. The highest BCUT2D eigenvalue weighted by Crippen LogP contribution is 2.29. The molecule has 0 aliphatic carbocycles. The zero-order valence-corrected chi connectivity index (χ0v) is 14.3. The second-order valence-corrected chi connectivity index (χ2v) is 13.7. The molecule has 2 rings (SSSR count). The van der Waals surface area contributed by atoms with Gasteiger partial charge in [-0.2, -0.15) is 0 Å². The third-order valence-electron chi connectivity index (χ3n) is 3.89. The van der Waals surface area contributed by atoms with Crippen molar-refractivity contribution < 1.29 is 0 Å². The van der Waals surface area contributed by atoms with Crippen LogP contribution in [-0.4, -0.2) is 11.1 Å². The van der Waals surface area contributed by atoms with E-state index in [2.05, 4.69) is 104 Å². The highest BCUT2D eigenvalue weighted by atomic mass is 127. The van der Waals surface area contributed by atoms with Gasteiger partial charge < -0.3 is 0 Å². The maximum atomic E-state index is 2.62. The minimum atomic E-state index is -1.72. The fraction of sp³-hybridized carbons (Fsp3) is 0.250. The number of benzene rings is 2. The van der Waals surface area contributed by atoms with E-state index >= 15 is 0 Å². The fourth-order valence-electron chi connectivity index (χ4n) is 2.40. The van der Waals surface area contributed by atoms with Crippen LogP contribution in [0.4, 0.5) is 0 Å². The predicted molar refractivity (Wildman–Crippen MR) is 91.9 cm³/mol. The van der Waals surface area contributed by atoms with Crippen molar-refractivity contribution in [3.8, 4) is 0 Å². The number of hydrogen-bond acceptors (Lipinski definition) is 0. The molecule has 0 aromatic heterocycles. The SMILES string of the molecule is CC(C)(I)[Si](C)(c1ccccc1)c1ccccc1. The first kappa shape index (κ1) is 13.8. The molecule has 0 bridgehead atoms. The van der Waals surface area contributed by atoms with E-state index in [1.54, 1.807) is 0 Å². The topological polar surface area (TPSA) is 0 Å². The molecule has 0 unspecified atom stereocenters. The molecule has 0 radical (unpaired) electrons. The van der Waals surface area contributed by atoms with Crippen LogP contribution < -0.4 is 10.4 Å². The minimum absolute atomic E-state index is 0.271. The Kier molecular flexibility index (Phi) is 3.97. The van der Waals surface area contributed by atoms with Crippen molar-refractivity contribution in [2.45, 2.75) is 23.4 Å². The Morgan fingerprint density at radius 2 is 1.11 bits per heavy atom. The van der Waals surface area contributed by atoms with Crippen molar-refractivity contribution in [1.29, 1.82) is 0 Å². The van der Waals surface area contributed by atoms with E-state index in [9.17, 15) is 0 Å². The summed E-state index contributed by atoms with van der Waals surface area (Å²) in [6, 6.07) is 22.0. The van der Waals surface area contributed by atoms with Gasteiger partial charge in [-0.25, -0.2) is 0 Å². The zero-order valence-electron chi connectivity index (χ0n) is 11.2. The Morgan fingerprint density at radius 3 is 1.39 bits per heavy atom. The second kappa shape index (κ2) is 5.17. The van der Waals surface area contributed by atoms with Crippen LogP contribution in [0.5, 0.6) is 0 Å². The van der Waals surface area contributed by atoms with Crippen LogP contribution in [0.15, 0.2) is 60.7 Å².